The van der Waals surface area contributed by atoms with Crippen molar-refractivity contribution in [3.05, 3.63) is 0 Å². The Bertz CT molecular complexity index is 243. The number of ketones is 1. The van der Waals surface area contributed by atoms with Gasteiger partial charge < -0.3 is 14.6 Å². The Morgan fingerprint density at radius 3 is 2.65 bits per heavy atom. The number of aliphatic hydroxyl groups excluding tert-OH is 1. The second-order valence-electron chi connectivity index (χ2n) is 4.62. The van der Waals surface area contributed by atoms with Gasteiger partial charge in [0.1, 0.15) is 0 Å². The zero-order valence-electron chi connectivity index (χ0n) is 10.8. The number of Topliss-reactive ketones (excluding diaryl/α,β-unsaturated/α-hetero) is 1. The predicted octanol–water partition coefficient (Wildman–Crippen LogP) is 0.519. The maximum atomic E-state index is 12.2. The molecule has 1 rings (SSSR count). The third kappa shape index (κ3) is 4.03. The van der Waals surface area contributed by atoms with Crippen LogP contribution in [0.5, 0.6) is 0 Å². The van der Waals surface area contributed by atoms with Crippen LogP contribution in [0.1, 0.15) is 26.7 Å². The Hall–Kier alpha value is -0.490. The fourth-order valence-electron chi connectivity index (χ4n) is 2.00. The molecule has 0 amide bonds. The maximum Gasteiger partial charge on any atom is 0.213 e. The first-order chi connectivity index (χ1) is 8.10. The zero-order valence-corrected chi connectivity index (χ0v) is 10.8. The van der Waals surface area contributed by atoms with Gasteiger partial charge in [0.05, 0.1) is 19.3 Å². The van der Waals surface area contributed by atoms with Crippen molar-refractivity contribution in [1.29, 1.82) is 0 Å². The van der Waals surface area contributed by atoms with Crippen molar-refractivity contribution in [3.8, 4) is 0 Å². The van der Waals surface area contributed by atoms with Crippen LogP contribution in [0, 0.1) is 11.8 Å². The molecule has 2 N–H and O–H groups in total. The average molecular weight is 245 g/mol. The molecule has 0 aliphatic carbocycles. The molecule has 17 heavy (non-hydrogen) atoms. The average Bonchev–Trinajstić information content (AvgIpc) is 2.24. The highest BCUT2D eigenvalue weighted by molar-refractivity contribution is 5.86. The first kappa shape index (κ1) is 14.6. The number of aliphatic hydroxyl groups is 1. The molecule has 100 valence electrons. The van der Waals surface area contributed by atoms with E-state index in [2.05, 4.69) is 12.2 Å². The molecular formula is C12H23NO4. The minimum Gasteiger partial charge on any atom is -0.381 e. The molecule has 0 aromatic heterocycles. The first-order valence-corrected chi connectivity index (χ1v) is 6.18. The van der Waals surface area contributed by atoms with Crippen molar-refractivity contribution in [3.63, 3.8) is 0 Å². The van der Waals surface area contributed by atoms with Crippen LogP contribution >= 0.6 is 0 Å². The zero-order chi connectivity index (χ0) is 12.8. The van der Waals surface area contributed by atoms with E-state index in [1.54, 1.807) is 0 Å². The SMILES string of the molecule is CCCC(C)C(=O)C(NC(O)OC)C1COC1. The lowest BCUT2D eigenvalue weighted by Gasteiger charge is -2.35. The molecule has 3 unspecified atom stereocenters. The summed E-state index contributed by atoms with van der Waals surface area (Å²) in [6.45, 7) is 5.12. The number of hydrogen-bond donors (Lipinski definition) is 2. The molecular weight excluding hydrogens is 222 g/mol. The van der Waals surface area contributed by atoms with Gasteiger partial charge in [-0.2, -0.15) is 0 Å². The third-order valence-corrected chi connectivity index (χ3v) is 3.19. The van der Waals surface area contributed by atoms with Crippen molar-refractivity contribution in [2.75, 3.05) is 20.3 Å². The monoisotopic (exact) mass is 245 g/mol. The summed E-state index contributed by atoms with van der Waals surface area (Å²) >= 11 is 0. The maximum absolute atomic E-state index is 12.2. The van der Waals surface area contributed by atoms with Gasteiger partial charge in [-0.25, -0.2) is 0 Å². The summed E-state index contributed by atoms with van der Waals surface area (Å²) in [5, 5.41) is 12.2. The molecule has 1 aliphatic rings. The number of hydrogen-bond acceptors (Lipinski definition) is 5. The van der Waals surface area contributed by atoms with E-state index in [9.17, 15) is 9.90 Å². The van der Waals surface area contributed by atoms with Crippen molar-refractivity contribution < 1.29 is 19.4 Å². The van der Waals surface area contributed by atoms with Gasteiger partial charge in [0.25, 0.3) is 0 Å². The van der Waals surface area contributed by atoms with Crippen molar-refractivity contribution in [1.82, 2.24) is 5.32 Å². The van der Waals surface area contributed by atoms with E-state index in [0.717, 1.165) is 12.8 Å². The van der Waals surface area contributed by atoms with E-state index in [1.807, 2.05) is 6.92 Å². The van der Waals surface area contributed by atoms with Crippen LogP contribution in [0.25, 0.3) is 0 Å². The second kappa shape index (κ2) is 7.06. The molecule has 1 aliphatic heterocycles. The van der Waals surface area contributed by atoms with Gasteiger partial charge in [0, 0.05) is 18.9 Å². The largest absolute Gasteiger partial charge is 0.381 e. The molecule has 0 saturated carbocycles. The third-order valence-electron chi connectivity index (χ3n) is 3.19. The fourth-order valence-corrected chi connectivity index (χ4v) is 2.00. The van der Waals surface area contributed by atoms with E-state index in [4.69, 9.17) is 9.47 Å². The second-order valence-corrected chi connectivity index (χ2v) is 4.62. The van der Waals surface area contributed by atoms with Crippen LogP contribution in [-0.2, 0) is 14.3 Å². The highest BCUT2D eigenvalue weighted by atomic mass is 16.6. The quantitative estimate of drug-likeness (QED) is 0.610. The van der Waals surface area contributed by atoms with Crippen molar-refractivity contribution in [2.24, 2.45) is 11.8 Å². The molecule has 0 bridgehead atoms. The topological polar surface area (TPSA) is 67.8 Å². The Labute approximate surface area is 102 Å². The summed E-state index contributed by atoms with van der Waals surface area (Å²) < 4.78 is 9.85. The summed E-state index contributed by atoms with van der Waals surface area (Å²) in [6.07, 6.45) is 0.750. The smallest absolute Gasteiger partial charge is 0.213 e. The number of rotatable bonds is 8. The van der Waals surface area contributed by atoms with Crippen LogP contribution in [-0.4, -0.2) is 43.7 Å². The van der Waals surface area contributed by atoms with Crippen LogP contribution in [0.2, 0.25) is 0 Å². The lowest BCUT2D eigenvalue weighted by molar-refractivity contribution is -0.148. The molecule has 0 aromatic carbocycles. The van der Waals surface area contributed by atoms with Gasteiger partial charge in [-0.15, -0.1) is 0 Å². The minimum absolute atomic E-state index is 0.00200. The van der Waals surface area contributed by atoms with Crippen LogP contribution in [0.15, 0.2) is 0 Å². The Morgan fingerprint density at radius 2 is 2.24 bits per heavy atom. The molecule has 5 heteroatoms. The van der Waals surface area contributed by atoms with E-state index < -0.39 is 6.41 Å². The predicted molar refractivity (Wildman–Crippen MR) is 63.3 cm³/mol. The minimum atomic E-state index is -1.10. The van der Waals surface area contributed by atoms with Crippen LogP contribution in [0.4, 0.5) is 0 Å². The lowest BCUT2D eigenvalue weighted by Crippen LogP contribution is -2.55. The number of ether oxygens (including phenoxy) is 2. The number of methoxy groups -OCH3 is 1. The number of carbonyl (C=O) groups is 1. The summed E-state index contributed by atoms with van der Waals surface area (Å²) in [4.78, 5) is 12.2. The molecule has 1 heterocycles. The number of nitrogens with one attached hydrogen (secondary N) is 1. The molecule has 0 radical (unpaired) electrons. The van der Waals surface area contributed by atoms with E-state index >= 15 is 0 Å². The highest BCUT2D eigenvalue weighted by Crippen LogP contribution is 2.20. The van der Waals surface area contributed by atoms with Gasteiger partial charge in [0.2, 0.25) is 6.41 Å². The molecule has 5 nitrogen and oxygen atoms in total. The Balaban J connectivity index is 2.58. The fraction of sp³-hybridized carbons (Fsp3) is 0.917. The molecule has 1 saturated heterocycles. The first-order valence-electron chi connectivity index (χ1n) is 6.18. The lowest BCUT2D eigenvalue weighted by atomic mass is 9.87. The summed E-state index contributed by atoms with van der Waals surface area (Å²) in [7, 11) is 1.39. The van der Waals surface area contributed by atoms with E-state index in [-0.39, 0.29) is 23.7 Å². The Morgan fingerprint density at radius 1 is 1.59 bits per heavy atom. The van der Waals surface area contributed by atoms with Gasteiger partial charge in [-0.3, -0.25) is 10.1 Å². The standard InChI is InChI=1S/C12H23NO4/c1-4-5-8(2)11(14)10(9-6-17-7-9)13-12(15)16-3/h8-10,12-13,15H,4-7H2,1-3H3. The molecule has 0 spiro atoms. The van der Waals surface area contributed by atoms with Gasteiger partial charge in [0.15, 0.2) is 5.78 Å². The molecule has 3 atom stereocenters. The van der Waals surface area contributed by atoms with Gasteiger partial charge in [-0.05, 0) is 6.42 Å². The van der Waals surface area contributed by atoms with Crippen molar-refractivity contribution in [2.45, 2.75) is 39.1 Å². The number of carbonyl (C=O) groups excluding carboxylic acids is 1. The Kier molecular flexibility index (Phi) is 6.05. The van der Waals surface area contributed by atoms with E-state index in [1.165, 1.54) is 7.11 Å². The van der Waals surface area contributed by atoms with Gasteiger partial charge >= 0.3 is 0 Å². The highest BCUT2D eigenvalue weighted by Gasteiger charge is 2.36. The summed E-state index contributed by atoms with van der Waals surface area (Å²) in [6, 6.07) is -0.375. The van der Waals surface area contributed by atoms with Crippen LogP contribution in [0.3, 0.4) is 0 Å². The summed E-state index contributed by atoms with van der Waals surface area (Å²) in [5.41, 5.74) is 0. The normalized spacial score (nSPS) is 21.6. The summed E-state index contributed by atoms with van der Waals surface area (Å²) in [5.74, 6) is 0.282. The molecule has 1 fully saturated rings. The van der Waals surface area contributed by atoms with Crippen molar-refractivity contribution >= 4 is 5.78 Å². The molecule has 0 aromatic rings. The van der Waals surface area contributed by atoms with E-state index in [0.29, 0.717) is 13.2 Å². The van der Waals surface area contributed by atoms with Crippen LogP contribution < -0.4 is 5.32 Å². The van der Waals surface area contributed by atoms with Gasteiger partial charge in [-0.1, -0.05) is 20.3 Å².